The molecule has 66 valence electrons. The summed E-state index contributed by atoms with van der Waals surface area (Å²) >= 11 is 0. The first-order chi connectivity index (χ1) is 5.61. The molecule has 1 aromatic rings. The van der Waals surface area contributed by atoms with Crippen LogP contribution in [0, 0.1) is 6.92 Å². The zero-order valence-corrected chi connectivity index (χ0v) is 7.89. The number of hydrogen-bond acceptors (Lipinski definition) is 2. The largest absolute Gasteiger partial charge is 0.398 e. The summed E-state index contributed by atoms with van der Waals surface area (Å²) in [4.78, 5) is 0. The van der Waals surface area contributed by atoms with E-state index in [1.165, 1.54) is 0 Å². The lowest BCUT2D eigenvalue weighted by Gasteiger charge is -2.13. The molecule has 0 amide bonds. The highest BCUT2D eigenvalue weighted by molar-refractivity contribution is 5.62. The number of rotatable bonds is 2. The smallest absolute Gasteiger partial charge is 0.0392 e. The highest BCUT2D eigenvalue weighted by Crippen LogP contribution is 2.20. The first-order valence-electron chi connectivity index (χ1n) is 4.23. The SMILES string of the molecule is Cc1c(N)cccc1NC(C)C. The topological polar surface area (TPSA) is 38.0 Å². The summed E-state index contributed by atoms with van der Waals surface area (Å²) in [5.74, 6) is 0. The Balaban J connectivity index is 2.92. The summed E-state index contributed by atoms with van der Waals surface area (Å²) in [7, 11) is 0. The van der Waals surface area contributed by atoms with Crippen molar-refractivity contribution in [3.05, 3.63) is 23.8 Å². The molecule has 2 nitrogen and oxygen atoms in total. The minimum absolute atomic E-state index is 0.450. The molecule has 1 aromatic carbocycles. The number of nitrogens with one attached hydrogen (secondary N) is 1. The Labute approximate surface area is 73.8 Å². The molecule has 0 unspecified atom stereocenters. The van der Waals surface area contributed by atoms with Gasteiger partial charge in [0.15, 0.2) is 0 Å². The van der Waals surface area contributed by atoms with Crippen LogP contribution < -0.4 is 11.1 Å². The van der Waals surface area contributed by atoms with Crippen molar-refractivity contribution in [1.29, 1.82) is 0 Å². The molecule has 0 atom stereocenters. The van der Waals surface area contributed by atoms with Gasteiger partial charge in [0.25, 0.3) is 0 Å². The van der Waals surface area contributed by atoms with Gasteiger partial charge in [-0.25, -0.2) is 0 Å². The number of anilines is 2. The molecule has 0 heterocycles. The molecule has 0 aliphatic heterocycles. The van der Waals surface area contributed by atoms with Gasteiger partial charge in [0.1, 0.15) is 0 Å². The molecular formula is C10H16N2. The molecule has 0 saturated carbocycles. The summed E-state index contributed by atoms with van der Waals surface area (Å²) < 4.78 is 0. The van der Waals surface area contributed by atoms with Gasteiger partial charge >= 0.3 is 0 Å². The van der Waals surface area contributed by atoms with Gasteiger partial charge in [-0.2, -0.15) is 0 Å². The van der Waals surface area contributed by atoms with Crippen LogP contribution in [-0.4, -0.2) is 6.04 Å². The molecule has 0 radical (unpaired) electrons. The van der Waals surface area contributed by atoms with Crippen LogP contribution in [0.4, 0.5) is 11.4 Å². The van der Waals surface area contributed by atoms with Crippen molar-refractivity contribution in [2.75, 3.05) is 11.1 Å². The fourth-order valence-corrected chi connectivity index (χ4v) is 1.12. The normalized spacial score (nSPS) is 10.3. The summed E-state index contributed by atoms with van der Waals surface area (Å²) in [5, 5.41) is 3.33. The molecule has 0 aliphatic rings. The van der Waals surface area contributed by atoms with Gasteiger partial charge in [-0.15, -0.1) is 0 Å². The molecular weight excluding hydrogens is 148 g/mol. The molecule has 0 spiro atoms. The lowest BCUT2D eigenvalue weighted by molar-refractivity contribution is 0.897. The van der Waals surface area contributed by atoms with Crippen molar-refractivity contribution in [1.82, 2.24) is 0 Å². The maximum Gasteiger partial charge on any atom is 0.0392 e. The second-order valence-corrected chi connectivity index (χ2v) is 3.32. The van der Waals surface area contributed by atoms with E-state index in [4.69, 9.17) is 5.73 Å². The molecule has 0 aromatic heterocycles. The first-order valence-corrected chi connectivity index (χ1v) is 4.23. The number of hydrogen-bond donors (Lipinski definition) is 2. The predicted octanol–water partition coefficient (Wildman–Crippen LogP) is 2.40. The Morgan fingerprint density at radius 3 is 2.58 bits per heavy atom. The van der Waals surface area contributed by atoms with E-state index in [1.807, 2.05) is 25.1 Å². The second kappa shape index (κ2) is 3.48. The summed E-state index contributed by atoms with van der Waals surface area (Å²) in [5.41, 5.74) is 8.86. The molecule has 0 bridgehead atoms. The standard InChI is InChI=1S/C10H16N2/c1-7(2)12-10-6-4-5-9(11)8(10)3/h4-7,12H,11H2,1-3H3. The van der Waals surface area contributed by atoms with Gasteiger partial charge in [-0.05, 0) is 38.5 Å². The molecule has 2 heteroatoms. The maximum absolute atomic E-state index is 5.76. The van der Waals surface area contributed by atoms with Gasteiger partial charge in [0.05, 0.1) is 0 Å². The van der Waals surface area contributed by atoms with Crippen molar-refractivity contribution in [3.8, 4) is 0 Å². The Kier molecular flexibility index (Phi) is 2.58. The molecule has 0 aliphatic carbocycles. The highest BCUT2D eigenvalue weighted by atomic mass is 14.9. The lowest BCUT2D eigenvalue weighted by atomic mass is 10.1. The van der Waals surface area contributed by atoms with Gasteiger partial charge in [-0.3, -0.25) is 0 Å². The van der Waals surface area contributed by atoms with Crippen molar-refractivity contribution < 1.29 is 0 Å². The Morgan fingerprint density at radius 1 is 1.33 bits per heavy atom. The molecule has 0 saturated heterocycles. The fourth-order valence-electron chi connectivity index (χ4n) is 1.12. The summed E-state index contributed by atoms with van der Waals surface area (Å²) in [6.45, 7) is 6.26. The van der Waals surface area contributed by atoms with E-state index in [1.54, 1.807) is 0 Å². The van der Waals surface area contributed by atoms with E-state index in [-0.39, 0.29) is 0 Å². The minimum atomic E-state index is 0.450. The zero-order chi connectivity index (χ0) is 9.14. The third kappa shape index (κ3) is 1.91. The Morgan fingerprint density at radius 2 is 2.00 bits per heavy atom. The van der Waals surface area contributed by atoms with Crippen LogP contribution in [0.15, 0.2) is 18.2 Å². The second-order valence-electron chi connectivity index (χ2n) is 3.32. The Hall–Kier alpha value is -1.18. The van der Waals surface area contributed by atoms with Crippen LogP contribution in [0.25, 0.3) is 0 Å². The van der Waals surface area contributed by atoms with Crippen LogP contribution in [-0.2, 0) is 0 Å². The minimum Gasteiger partial charge on any atom is -0.398 e. The summed E-state index contributed by atoms with van der Waals surface area (Å²) in [6, 6.07) is 6.38. The van der Waals surface area contributed by atoms with E-state index in [2.05, 4.69) is 19.2 Å². The van der Waals surface area contributed by atoms with Gasteiger partial charge < -0.3 is 11.1 Å². The van der Waals surface area contributed by atoms with Gasteiger partial charge in [0, 0.05) is 17.4 Å². The quantitative estimate of drug-likeness (QED) is 0.659. The molecule has 12 heavy (non-hydrogen) atoms. The number of benzene rings is 1. The monoisotopic (exact) mass is 164 g/mol. The van der Waals surface area contributed by atoms with Gasteiger partial charge in [-0.1, -0.05) is 6.07 Å². The van der Waals surface area contributed by atoms with Crippen LogP contribution in [0.5, 0.6) is 0 Å². The predicted molar refractivity (Wildman–Crippen MR) is 54.4 cm³/mol. The fraction of sp³-hybridized carbons (Fsp3) is 0.400. The van der Waals surface area contributed by atoms with Crippen molar-refractivity contribution in [2.45, 2.75) is 26.8 Å². The third-order valence-corrected chi connectivity index (χ3v) is 1.82. The Bertz CT molecular complexity index is 267. The van der Waals surface area contributed by atoms with E-state index in [0.29, 0.717) is 6.04 Å². The number of nitrogens with two attached hydrogens (primary N) is 1. The molecule has 1 rings (SSSR count). The van der Waals surface area contributed by atoms with E-state index < -0.39 is 0 Å². The first kappa shape index (κ1) is 8.91. The van der Waals surface area contributed by atoms with Crippen LogP contribution in [0.2, 0.25) is 0 Å². The lowest BCUT2D eigenvalue weighted by Crippen LogP contribution is -2.11. The third-order valence-electron chi connectivity index (χ3n) is 1.82. The number of nitrogen functional groups attached to an aromatic ring is 1. The average Bonchev–Trinajstić information content (AvgIpc) is 1.98. The maximum atomic E-state index is 5.76. The highest BCUT2D eigenvalue weighted by Gasteiger charge is 2.00. The van der Waals surface area contributed by atoms with E-state index in [9.17, 15) is 0 Å². The van der Waals surface area contributed by atoms with Crippen molar-refractivity contribution >= 4 is 11.4 Å². The van der Waals surface area contributed by atoms with E-state index >= 15 is 0 Å². The van der Waals surface area contributed by atoms with E-state index in [0.717, 1.165) is 16.9 Å². The van der Waals surface area contributed by atoms with Crippen molar-refractivity contribution in [2.24, 2.45) is 0 Å². The molecule has 0 fully saturated rings. The van der Waals surface area contributed by atoms with Crippen LogP contribution >= 0.6 is 0 Å². The van der Waals surface area contributed by atoms with Gasteiger partial charge in [0.2, 0.25) is 0 Å². The zero-order valence-electron chi connectivity index (χ0n) is 7.89. The van der Waals surface area contributed by atoms with Crippen LogP contribution in [0.1, 0.15) is 19.4 Å². The van der Waals surface area contributed by atoms with Crippen LogP contribution in [0.3, 0.4) is 0 Å². The average molecular weight is 164 g/mol. The molecule has 3 N–H and O–H groups in total. The summed E-state index contributed by atoms with van der Waals surface area (Å²) in [6.07, 6.45) is 0. The van der Waals surface area contributed by atoms with Crippen molar-refractivity contribution in [3.63, 3.8) is 0 Å².